The second kappa shape index (κ2) is 4.81. The number of aliphatic hydroxyl groups is 1. The number of fused-ring (bicyclic) bond motifs is 1. The maximum absolute atomic E-state index is 13.0. The molecule has 0 fully saturated rings. The Morgan fingerprint density at radius 1 is 1.53 bits per heavy atom. The molecule has 0 aliphatic rings. The van der Waals surface area contributed by atoms with Gasteiger partial charge in [-0.3, -0.25) is 4.79 Å². The quantitative estimate of drug-likeness (QED) is 0.880. The summed E-state index contributed by atoms with van der Waals surface area (Å²) >= 11 is 1.31. The van der Waals surface area contributed by atoms with Crippen LogP contribution in [0.15, 0.2) is 24.3 Å². The Morgan fingerprint density at radius 3 is 3.00 bits per heavy atom. The van der Waals surface area contributed by atoms with Gasteiger partial charge in [-0.25, -0.2) is 4.39 Å². The van der Waals surface area contributed by atoms with Gasteiger partial charge >= 0.3 is 0 Å². The van der Waals surface area contributed by atoms with Crippen LogP contribution in [0.1, 0.15) is 16.6 Å². The zero-order valence-corrected chi connectivity index (χ0v) is 10.1. The molecule has 2 N–H and O–H groups in total. The monoisotopic (exact) mass is 253 g/mol. The Hall–Kier alpha value is -1.46. The van der Waals surface area contributed by atoms with Crippen molar-refractivity contribution < 1.29 is 14.3 Å². The first kappa shape index (κ1) is 12.0. The molecule has 17 heavy (non-hydrogen) atoms. The molecule has 1 heterocycles. The molecule has 0 saturated carbocycles. The number of carbonyl (C=O) groups is 1. The van der Waals surface area contributed by atoms with Gasteiger partial charge in [0.2, 0.25) is 0 Å². The van der Waals surface area contributed by atoms with Crippen LogP contribution in [-0.4, -0.2) is 23.7 Å². The molecular formula is C12H12FNO2S. The lowest BCUT2D eigenvalue weighted by Gasteiger charge is -2.08. The minimum atomic E-state index is -0.314. The highest BCUT2D eigenvalue weighted by molar-refractivity contribution is 7.20. The molecule has 2 rings (SSSR count). The molecular weight excluding hydrogens is 241 g/mol. The molecule has 0 aliphatic carbocycles. The number of rotatable bonds is 3. The number of aliphatic hydroxyl groups excluding tert-OH is 1. The summed E-state index contributed by atoms with van der Waals surface area (Å²) < 4.78 is 13.9. The molecule has 1 aromatic heterocycles. The third kappa shape index (κ3) is 2.62. The van der Waals surface area contributed by atoms with Gasteiger partial charge in [0.25, 0.3) is 5.91 Å². The number of halogens is 1. The predicted octanol–water partition coefficient (Wildman–Crippen LogP) is 2.15. The highest BCUT2D eigenvalue weighted by atomic mass is 32.1. The first-order valence-corrected chi connectivity index (χ1v) is 6.02. The van der Waals surface area contributed by atoms with Gasteiger partial charge in [-0.2, -0.15) is 0 Å². The smallest absolute Gasteiger partial charge is 0.261 e. The van der Waals surface area contributed by atoms with E-state index in [2.05, 4.69) is 5.32 Å². The summed E-state index contributed by atoms with van der Waals surface area (Å²) in [6, 6.07) is 5.79. The highest BCUT2D eigenvalue weighted by Gasteiger charge is 2.12. The van der Waals surface area contributed by atoms with E-state index in [4.69, 9.17) is 5.11 Å². The van der Waals surface area contributed by atoms with Crippen molar-refractivity contribution in [3.05, 3.63) is 35.0 Å². The number of hydrogen-bond acceptors (Lipinski definition) is 3. The van der Waals surface area contributed by atoms with Crippen molar-refractivity contribution in [1.82, 2.24) is 5.32 Å². The van der Waals surface area contributed by atoms with Crippen LogP contribution in [0.3, 0.4) is 0 Å². The Balaban J connectivity index is 2.27. The first-order chi connectivity index (χ1) is 8.10. The Kier molecular flexibility index (Phi) is 3.40. The highest BCUT2D eigenvalue weighted by Crippen LogP contribution is 2.26. The van der Waals surface area contributed by atoms with Crippen LogP contribution < -0.4 is 5.32 Å². The van der Waals surface area contributed by atoms with Crippen molar-refractivity contribution >= 4 is 27.3 Å². The number of carbonyl (C=O) groups excluding carboxylic acids is 1. The van der Waals surface area contributed by atoms with E-state index in [9.17, 15) is 9.18 Å². The van der Waals surface area contributed by atoms with Crippen LogP contribution in [0.4, 0.5) is 4.39 Å². The van der Waals surface area contributed by atoms with Gasteiger partial charge in [0.05, 0.1) is 11.5 Å². The Bertz CT molecular complexity index is 552. The predicted molar refractivity (Wildman–Crippen MR) is 65.8 cm³/mol. The second-order valence-corrected chi connectivity index (χ2v) is 4.93. The number of hydrogen-bond donors (Lipinski definition) is 2. The number of nitrogens with one attached hydrogen (secondary N) is 1. The lowest BCUT2D eigenvalue weighted by atomic mass is 10.2. The summed E-state index contributed by atoms with van der Waals surface area (Å²) in [6.07, 6.45) is 0. The fraction of sp³-hybridized carbons (Fsp3) is 0.250. The molecule has 0 bridgehead atoms. The van der Waals surface area contributed by atoms with E-state index < -0.39 is 0 Å². The Labute approximate surface area is 102 Å². The van der Waals surface area contributed by atoms with Gasteiger partial charge in [0, 0.05) is 10.7 Å². The van der Waals surface area contributed by atoms with E-state index in [1.165, 1.54) is 23.5 Å². The van der Waals surface area contributed by atoms with Crippen molar-refractivity contribution in [2.75, 3.05) is 6.61 Å². The zero-order valence-electron chi connectivity index (χ0n) is 9.24. The van der Waals surface area contributed by atoms with E-state index in [-0.39, 0.29) is 24.4 Å². The SMILES string of the molecule is CC(CO)NC(=O)c1cc2cc(F)ccc2s1. The average Bonchev–Trinajstić information content (AvgIpc) is 2.71. The maximum atomic E-state index is 13.0. The standard InChI is InChI=1S/C12H12FNO2S/c1-7(6-15)14-12(16)11-5-8-4-9(13)2-3-10(8)17-11/h2-5,7,15H,6H2,1H3,(H,14,16). The molecule has 2 aromatic rings. The molecule has 0 saturated heterocycles. The van der Waals surface area contributed by atoms with Gasteiger partial charge in [0.1, 0.15) is 5.82 Å². The van der Waals surface area contributed by atoms with Crippen LogP contribution in [0, 0.1) is 5.82 Å². The van der Waals surface area contributed by atoms with Crippen molar-refractivity contribution in [3.63, 3.8) is 0 Å². The van der Waals surface area contributed by atoms with E-state index in [0.717, 1.165) is 10.1 Å². The van der Waals surface area contributed by atoms with Crippen molar-refractivity contribution in [3.8, 4) is 0 Å². The topological polar surface area (TPSA) is 49.3 Å². The molecule has 1 aromatic carbocycles. The summed E-state index contributed by atoms with van der Waals surface area (Å²) in [5.74, 6) is -0.556. The summed E-state index contributed by atoms with van der Waals surface area (Å²) in [6.45, 7) is 1.61. The lowest BCUT2D eigenvalue weighted by molar-refractivity contribution is 0.0926. The van der Waals surface area contributed by atoms with Crippen molar-refractivity contribution in [2.45, 2.75) is 13.0 Å². The summed E-state index contributed by atoms with van der Waals surface area (Å²) in [7, 11) is 0. The fourth-order valence-corrected chi connectivity index (χ4v) is 2.41. The largest absolute Gasteiger partial charge is 0.394 e. The van der Waals surface area contributed by atoms with Crippen LogP contribution in [0.25, 0.3) is 10.1 Å². The van der Waals surface area contributed by atoms with Crippen LogP contribution in [-0.2, 0) is 0 Å². The average molecular weight is 253 g/mol. The molecule has 1 atom stereocenters. The van der Waals surface area contributed by atoms with Gasteiger partial charge in [0.15, 0.2) is 0 Å². The molecule has 90 valence electrons. The van der Waals surface area contributed by atoms with Crippen LogP contribution in [0.2, 0.25) is 0 Å². The second-order valence-electron chi connectivity index (χ2n) is 3.85. The summed E-state index contributed by atoms with van der Waals surface area (Å²) in [4.78, 5) is 12.3. The molecule has 3 nitrogen and oxygen atoms in total. The summed E-state index contributed by atoms with van der Waals surface area (Å²) in [5.41, 5.74) is 0. The van der Waals surface area contributed by atoms with E-state index in [1.807, 2.05) is 0 Å². The van der Waals surface area contributed by atoms with E-state index >= 15 is 0 Å². The maximum Gasteiger partial charge on any atom is 0.261 e. The minimum Gasteiger partial charge on any atom is -0.394 e. The van der Waals surface area contributed by atoms with Crippen molar-refractivity contribution in [2.24, 2.45) is 0 Å². The molecule has 1 unspecified atom stereocenters. The molecule has 0 spiro atoms. The van der Waals surface area contributed by atoms with E-state index in [0.29, 0.717) is 4.88 Å². The normalized spacial score (nSPS) is 12.6. The van der Waals surface area contributed by atoms with Gasteiger partial charge in [-0.15, -0.1) is 11.3 Å². The third-order valence-electron chi connectivity index (χ3n) is 2.35. The third-order valence-corrected chi connectivity index (χ3v) is 3.47. The van der Waals surface area contributed by atoms with Crippen molar-refractivity contribution in [1.29, 1.82) is 0 Å². The first-order valence-electron chi connectivity index (χ1n) is 5.21. The lowest BCUT2D eigenvalue weighted by Crippen LogP contribution is -2.34. The fourth-order valence-electron chi connectivity index (χ4n) is 1.47. The molecule has 1 amide bonds. The summed E-state index contributed by atoms with van der Waals surface area (Å²) in [5, 5.41) is 12.2. The van der Waals surface area contributed by atoms with Gasteiger partial charge in [-0.05, 0) is 36.6 Å². The van der Waals surface area contributed by atoms with Crippen LogP contribution >= 0.6 is 11.3 Å². The van der Waals surface area contributed by atoms with Crippen LogP contribution in [0.5, 0.6) is 0 Å². The Morgan fingerprint density at radius 2 is 2.29 bits per heavy atom. The minimum absolute atomic E-state index is 0.106. The number of amides is 1. The van der Waals surface area contributed by atoms with Gasteiger partial charge < -0.3 is 10.4 Å². The number of benzene rings is 1. The zero-order chi connectivity index (χ0) is 12.4. The molecule has 0 radical (unpaired) electrons. The molecule has 0 aliphatic heterocycles. The van der Waals surface area contributed by atoms with Gasteiger partial charge in [-0.1, -0.05) is 0 Å². The van der Waals surface area contributed by atoms with E-state index in [1.54, 1.807) is 19.1 Å². The molecule has 5 heteroatoms. The number of thiophene rings is 1.